The molecule has 28 heavy (non-hydrogen) atoms. The number of methoxy groups -OCH3 is 1. The summed E-state index contributed by atoms with van der Waals surface area (Å²) in [7, 11) is 3.67. The van der Waals surface area contributed by atoms with E-state index in [2.05, 4.69) is 52.5 Å². The summed E-state index contributed by atoms with van der Waals surface area (Å²) in [6.07, 6.45) is 5.33. The highest BCUT2D eigenvalue weighted by molar-refractivity contribution is 6.13. The Morgan fingerprint density at radius 2 is 2.32 bits per heavy atom. The molecule has 1 aromatic carbocycles. The first kappa shape index (κ1) is 20.4. The molecule has 2 aromatic rings. The number of likely N-dealkylation sites (tertiary alicyclic amines) is 1. The van der Waals surface area contributed by atoms with Crippen LogP contribution in [-0.4, -0.2) is 54.7 Å². The second-order valence-corrected chi connectivity index (χ2v) is 8.10. The van der Waals surface area contributed by atoms with Crippen LogP contribution >= 0.6 is 0 Å². The molecule has 1 fully saturated rings. The Morgan fingerprint density at radius 3 is 3.04 bits per heavy atom. The molecule has 0 amide bonds. The largest absolute Gasteiger partial charge is 0.384 e. The van der Waals surface area contributed by atoms with Crippen molar-refractivity contribution in [3.63, 3.8) is 0 Å². The monoisotopic (exact) mass is 383 g/mol. The quantitative estimate of drug-likeness (QED) is 0.609. The van der Waals surface area contributed by atoms with Crippen LogP contribution in [0, 0.1) is 17.2 Å². The number of allylic oxidation sites excluding steroid dienone is 1. The van der Waals surface area contributed by atoms with E-state index in [9.17, 15) is 0 Å². The normalized spacial score (nSPS) is 19.1. The third kappa shape index (κ3) is 4.73. The zero-order valence-corrected chi connectivity index (χ0v) is 17.5. The topological polar surface area (TPSA) is 77.0 Å². The Labute approximate surface area is 167 Å². The first-order chi connectivity index (χ1) is 13.5. The number of aromatic amines is 1. The van der Waals surface area contributed by atoms with Gasteiger partial charge in [-0.1, -0.05) is 19.9 Å². The first-order valence-corrected chi connectivity index (χ1v) is 10.2. The molecule has 1 aliphatic heterocycles. The van der Waals surface area contributed by atoms with Gasteiger partial charge in [0.2, 0.25) is 0 Å². The van der Waals surface area contributed by atoms with E-state index in [1.807, 2.05) is 13.1 Å². The molecule has 0 saturated carbocycles. The molecule has 0 radical (unpaired) electrons. The maximum absolute atomic E-state index is 8.66. The van der Waals surface area contributed by atoms with E-state index in [-0.39, 0.29) is 0 Å². The van der Waals surface area contributed by atoms with Crippen molar-refractivity contribution in [2.24, 2.45) is 11.8 Å². The van der Waals surface area contributed by atoms with E-state index < -0.39 is 0 Å². The summed E-state index contributed by atoms with van der Waals surface area (Å²) in [5.74, 6) is 2.13. The Kier molecular flexibility index (Phi) is 6.73. The molecule has 3 rings (SSSR count). The predicted molar refractivity (Wildman–Crippen MR) is 115 cm³/mol. The number of aromatic nitrogens is 2. The van der Waals surface area contributed by atoms with Crippen LogP contribution in [-0.2, 0) is 11.2 Å². The van der Waals surface area contributed by atoms with Gasteiger partial charge < -0.3 is 15.0 Å². The Balaban J connectivity index is 1.84. The highest BCUT2D eigenvalue weighted by atomic mass is 16.5. The maximum Gasteiger partial charge on any atom is 0.118 e. The standard InChI is InChI=1S/C22H33N5O/c1-15-6-5-9-27(13-15)21(24-3)12-19(23)22-18-11-17(10-16(2)14-28-4)7-8-20(18)25-26-22/h7-8,11-12,15-16,23-24H,5-6,9-10,13-14H2,1-4H3,(H,25,26)/b21-12+,23-19?. The van der Waals surface area contributed by atoms with Gasteiger partial charge in [-0.25, -0.2) is 0 Å². The first-order valence-electron chi connectivity index (χ1n) is 10.2. The zero-order chi connectivity index (χ0) is 20.1. The van der Waals surface area contributed by atoms with Gasteiger partial charge in [0.1, 0.15) is 11.5 Å². The van der Waals surface area contributed by atoms with Crippen molar-refractivity contribution in [3.05, 3.63) is 41.4 Å². The number of rotatable bonds is 8. The fourth-order valence-electron chi connectivity index (χ4n) is 4.07. The van der Waals surface area contributed by atoms with E-state index in [0.29, 0.717) is 23.2 Å². The average Bonchev–Trinajstić information content (AvgIpc) is 3.09. The van der Waals surface area contributed by atoms with Crippen LogP contribution in [0.3, 0.4) is 0 Å². The Hall–Kier alpha value is -2.34. The summed E-state index contributed by atoms with van der Waals surface area (Å²) in [5.41, 5.74) is 3.34. The van der Waals surface area contributed by atoms with E-state index in [0.717, 1.165) is 42.8 Å². The number of fused-ring (bicyclic) bond motifs is 1. The molecule has 0 spiro atoms. The molecule has 1 aromatic heterocycles. The molecule has 1 saturated heterocycles. The number of nitrogens with zero attached hydrogens (tertiary/aromatic N) is 2. The van der Waals surface area contributed by atoms with E-state index >= 15 is 0 Å². The average molecular weight is 384 g/mol. The van der Waals surface area contributed by atoms with Crippen molar-refractivity contribution in [1.82, 2.24) is 20.4 Å². The fraction of sp³-hybridized carbons (Fsp3) is 0.545. The van der Waals surface area contributed by atoms with Crippen LogP contribution in [0.4, 0.5) is 0 Å². The van der Waals surface area contributed by atoms with Gasteiger partial charge in [-0.2, -0.15) is 5.10 Å². The summed E-state index contributed by atoms with van der Waals surface area (Å²) >= 11 is 0. The smallest absolute Gasteiger partial charge is 0.118 e. The minimum absolute atomic E-state index is 0.427. The highest BCUT2D eigenvalue weighted by Gasteiger charge is 2.19. The number of nitrogens with one attached hydrogen (secondary N) is 3. The maximum atomic E-state index is 8.66. The fourth-order valence-corrected chi connectivity index (χ4v) is 4.07. The summed E-state index contributed by atoms with van der Waals surface area (Å²) in [6.45, 7) is 7.29. The molecule has 2 unspecified atom stereocenters. The van der Waals surface area contributed by atoms with Gasteiger partial charge in [-0.15, -0.1) is 0 Å². The number of H-pyrrole nitrogens is 1. The van der Waals surface area contributed by atoms with Gasteiger partial charge in [0.15, 0.2) is 0 Å². The Morgan fingerprint density at radius 1 is 1.50 bits per heavy atom. The highest BCUT2D eigenvalue weighted by Crippen LogP contribution is 2.22. The van der Waals surface area contributed by atoms with Crippen molar-refractivity contribution in [2.75, 3.05) is 33.9 Å². The minimum atomic E-state index is 0.427. The van der Waals surface area contributed by atoms with Crippen LogP contribution in [0.15, 0.2) is 30.1 Å². The molecule has 1 aliphatic rings. The van der Waals surface area contributed by atoms with Crippen molar-refractivity contribution in [3.8, 4) is 0 Å². The van der Waals surface area contributed by atoms with Crippen LogP contribution in [0.2, 0.25) is 0 Å². The Bertz CT molecular complexity index is 841. The predicted octanol–water partition coefficient (Wildman–Crippen LogP) is 3.55. The van der Waals surface area contributed by atoms with Crippen LogP contribution < -0.4 is 5.32 Å². The number of hydrogen-bond donors (Lipinski definition) is 3. The summed E-state index contributed by atoms with van der Waals surface area (Å²) in [6, 6.07) is 6.35. The molecule has 0 bridgehead atoms. The third-order valence-electron chi connectivity index (χ3n) is 5.45. The SMILES string of the molecule is CN/C(=C\C(=N)c1n[nH]c2ccc(CC(C)COC)cc12)N1CCCC(C)C1. The van der Waals surface area contributed by atoms with Gasteiger partial charge in [0.05, 0.1) is 11.2 Å². The molecule has 0 aliphatic carbocycles. The van der Waals surface area contributed by atoms with Crippen molar-refractivity contribution < 1.29 is 4.74 Å². The number of piperidine rings is 1. The third-order valence-corrected chi connectivity index (χ3v) is 5.45. The van der Waals surface area contributed by atoms with Gasteiger partial charge in [0.25, 0.3) is 0 Å². The van der Waals surface area contributed by atoms with Crippen molar-refractivity contribution >= 4 is 16.6 Å². The summed E-state index contributed by atoms with van der Waals surface area (Å²) in [5, 5.41) is 20.5. The lowest BCUT2D eigenvalue weighted by molar-refractivity contribution is 0.159. The summed E-state index contributed by atoms with van der Waals surface area (Å²) < 4.78 is 5.26. The lowest BCUT2D eigenvalue weighted by Crippen LogP contribution is -2.38. The van der Waals surface area contributed by atoms with Crippen molar-refractivity contribution in [1.29, 1.82) is 5.41 Å². The van der Waals surface area contributed by atoms with Crippen LogP contribution in [0.5, 0.6) is 0 Å². The van der Waals surface area contributed by atoms with Crippen molar-refractivity contribution in [2.45, 2.75) is 33.1 Å². The molecule has 2 heterocycles. The lowest BCUT2D eigenvalue weighted by atomic mass is 9.99. The van der Waals surface area contributed by atoms with Gasteiger partial charge in [-0.05, 0) is 48.8 Å². The molecule has 6 heteroatoms. The molecular weight excluding hydrogens is 350 g/mol. The van der Waals surface area contributed by atoms with Gasteiger partial charge in [-0.3, -0.25) is 10.5 Å². The summed E-state index contributed by atoms with van der Waals surface area (Å²) in [4.78, 5) is 2.34. The second-order valence-electron chi connectivity index (χ2n) is 8.10. The van der Waals surface area contributed by atoms with Gasteiger partial charge >= 0.3 is 0 Å². The second kappa shape index (κ2) is 9.24. The van der Waals surface area contributed by atoms with Gasteiger partial charge in [0, 0.05) is 45.3 Å². The number of hydrogen-bond acceptors (Lipinski definition) is 5. The van der Waals surface area contributed by atoms with E-state index in [1.54, 1.807) is 7.11 Å². The minimum Gasteiger partial charge on any atom is -0.384 e. The lowest BCUT2D eigenvalue weighted by Gasteiger charge is -2.34. The molecule has 6 nitrogen and oxygen atoms in total. The van der Waals surface area contributed by atoms with Crippen LogP contribution in [0.25, 0.3) is 10.9 Å². The molecule has 152 valence electrons. The van der Waals surface area contributed by atoms with Crippen LogP contribution in [0.1, 0.15) is 37.9 Å². The molecule has 2 atom stereocenters. The molecular formula is C22H33N5O. The van der Waals surface area contributed by atoms with E-state index in [4.69, 9.17) is 10.1 Å². The zero-order valence-electron chi connectivity index (χ0n) is 17.5. The molecule has 3 N–H and O–H groups in total. The van der Waals surface area contributed by atoms with E-state index in [1.165, 1.54) is 18.4 Å². The number of benzene rings is 1. The number of ether oxygens (including phenoxy) is 1.